The first-order valence-electron chi connectivity index (χ1n) is 6.03. The van der Waals surface area contributed by atoms with E-state index in [2.05, 4.69) is 32.6 Å². The number of hydrogen-bond donors (Lipinski definition) is 1. The highest BCUT2D eigenvalue weighted by Crippen LogP contribution is 2.20. The Labute approximate surface area is 108 Å². The fraction of sp³-hybridized carbons (Fsp3) is 0.467. The van der Waals surface area contributed by atoms with Crippen LogP contribution in [0.2, 0.25) is 0 Å². The second-order valence-corrected chi connectivity index (χ2v) is 5.34. The minimum atomic E-state index is -0.343. The molecule has 0 heterocycles. The number of nitrogens with two attached hydrogens (primary N) is 1. The van der Waals surface area contributed by atoms with Gasteiger partial charge in [0.05, 0.1) is 13.2 Å². The maximum Gasteiger partial charge on any atom is 0.128 e. The maximum atomic E-state index is 13.3. The quantitative estimate of drug-likeness (QED) is 0.836. The molecule has 1 aromatic carbocycles. The SMILES string of the molecule is CC(C)(C)CCOc1cc(F)cc(C#CCN)c1. The zero-order valence-electron chi connectivity index (χ0n) is 11.2. The first-order chi connectivity index (χ1) is 8.40. The Morgan fingerprint density at radius 3 is 2.61 bits per heavy atom. The van der Waals surface area contributed by atoms with Gasteiger partial charge in [0.25, 0.3) is 0 Å². The highest BCUT2D eigenvalue weighted by molar-refractivity contribution is 5.40. The molecule has 0 aromatic heterocycles. The van der Waals surface area contributed by atoms with E-state index in [1.807, 2.05) is 0 Å². The van der Waals surface area contributed by atoms with Crippen LogP contribution in [-0.4, -0.2) is 13.2 Å². The summed E-state index contributed by atoms with van der Waals surface area (Å²) in [7, 11) is 0. The lowest BCUT2D eigenvalue weighted by Gasteiger charge is -2.18. The van der Waals surface area contributed by atoms with Gasteiger partial charge in [-0.25, -0.2) is 4.39 Å². The lowest BCUT2D eigenvalue weighted by Crippen LogP contribution is -2.11. The van der Waals surface area contributed by atoms with Crippen LogP contribution in [0.1, 0.15) is 32.8 Å². The molecule has 0 saturated heterocycles. The summed E-state index contributed by atoms with van der Waals surface area (Å²) in [6.45, 7) is 7.24. The van der Waals surface area contributed by atoms with Crippen molar-refractivity contribution in [2.75, 3.05) is 13.2 Å². The Morgan fingerprint density at radius 2 is 2.00 bits per heavy atom. The molecular formula is C15H20FNO. The zero-order chi connectivity index (χ0) is 13.6. The largest absolute Gasteiger partial charge is 0.493 e. The van der Waals surface area contributed by atoms with E-state index in [0.717, 1.165) is 6.42 Å². The first-order valence-corrected chi connectivity index (χ1v) is 6.03. The van der Waals surface area contributed by atoms with Gasteiger partial charge in [-0.15, -0.1) is 0 Å². The number of benzene rings is 1. The molecule has 0 bridgehead atoms. The summed E-state index contributed by atoms with van der Waals surface area (Å²) in [4.78, 5) is 0. The van der Waals surface area contributed by atoms with Crippen LogP contribution in [0, 0.1) is 23.1 Å². The van der Waals surface area contributed by atoms with E-state index in [4.69, 9.17) is 10.5 Å². The van der Waals surface area contributed by atoms with Crippen LogP contribution in [0.5, 0.6) is 5.75 Å². The molecule has 1 aromatic rings. The van der Waals surface area contributed by atoms with Crippen molar-refractivity contribution in [1.82, 2.24) is 0 Å². The molecule has 0 radical (unpaired) electrons. The third-order valence-electron chi connectivity index (χ3n) is 2.33. The van der Waals surface area contributed by atoms with Crippen molar-refractivity contribution in [3.05, 3.63) is 29.6 Å². The van der Waals surface area contributed by atoms with Gasteiger partial charge in [0.15, 0.2) is 0 Å². The molecule has 0 unspecified atom stereocenters. The predicted molar refractivity (Wildman–Crippen MR) is 71.9 cm³/mol. The van der Waals surface area contributed by atoms with E-state index in [1.54, 1.807) is 6.07 Å². The Morgan fingerprint density at radius 1 is 1.28 bits per heavy atom. The minimum Gasteiger partial charge on any atom is -0.493 e. The van der Waals surface area contributed by atoms with E-state index in [9.17, 15) is 4.39 Å². The van der Waals surface area contributed by atoms with Crippen LogP contribution >= 0.6 is 0 Å². The molecule has 18 heavy (non-hydrogen) atoms. The summed E-state index contributed by atoms with van der Waals surface area (Å²) in [5.74, 6) is 5.66. The van der Waals surface area contributed by atoms with Gasteiger partial charge in [-0.3, -0.25) is 0 Å². The summed E-state index contributed by atoms with van der Waals surface area (Å²) in [5, 5.41) is 0. The lowest BCUT2D eigenvalue weighted by molar-refractivity contribution is 0.242. The van der Waals surface area contributed by atoms with Gasteiger partial charge in [-0.1, -0.05) is 32.6 Å². The zero-order valence-corrected chi connectivity index (χ0v) is 11.2. The number of hydrogen-bond acceptors (Lipinski definition) is 2. The molecule has 0 atom stereocenters. The molecule has 0 saturated carbocycles. The second-order valence-electron chi connectivity index (χ2n) is 5.34. The van der Waals surface area contributed by atoms with E-state index in [0.29, 0.717) is 17.9 Å². The van der Waals surface area contributed by atoms with Crippen LogP contribution in [0.15, 0.2) is 18.2 Å². The third-order valence-corrected chi connectivity index (χ3v) is 2.33. The van der Waals surface area contributed by atoms with Crippen LogP contribution in [-0.2, 0) is 0 Å². The summed E-state index contributed by atoms with van der Waals surface area (Å²) >= 11 is 0. The molecule has 0 aliphatic carbocycles. The first kappa shape index (κ1) is 14.5. The summed E-state index contributed by atoms with van der Waals surface area (Å²) in [6, 6.07) is 4.48. The molecule has 3 heteroatoms. The third kappa shape index (κ3) is 5.70. The Balaban J connectivity index is 2.68. The van der Waals surface area contributed by atoms with Gasteiger partial charge >= 0.3 is 0 Å². The molecule has 2 N–H and O–H groups in total. The monoisotopic (exact) mass is 249 g/mol. The highest BCUT2D eigenvalue weighted by atomic mass is 19.1. The van der Waals surface area contributed by atoms with Crippen molar-refractivity contribution in [3.63, 3.8) is 0 Å². The van der Waals surface area contributed by atoms with Gasteiger partial charge in [0.1, 0.15) is 11.6 Å². The van der Waals surface area contributed by atoms with E-state index in [1.165, 1.54) is 12.1 Å². The Bertz CT molecular complexity index is 452. The van der Waals surface area contributed by atoms with Gasteiger partial charge < -0.3 is 10.5 Å². The standard InChI is InChI=1S/C15H20FNO/c1-15(2,3)6-8-18-14-10-12(5-4-7-17)9-13(16)11-14/h9-11H,6-8,17H2,1-3H3. The molecule has 0 spiro atoms. The summed E-state index contributed by atoms with van der Waals surface area (Å²) < 4.78 is 18.9. The molecule has 1 rings (SSSR count). The normalized spacial score (nSPS) is 10.7. The van der Waals surface area contributed by atoms with Crippen molar-refractivity contribution >= 4 is 0 Å². The van der Waals surface area contributed by atoms with Crippen LogP contribution in [0.3, 0.4) is 0 Å². The molecule has 0 aliphatic rings. The molecule has 0 amide bonds. The summed E-state index contributed by atoms with van der Waals surface area (Å²) in [6.07, 6.45) is 0.910. The average molecular weight is 249 g/mol. The van der Waals surface area contributed by atoms with Crippen molar-refractivity contribution in [3.8, 4) is 17.6 Å². The Hall–Kier alpha value is -1.53. The fourth-order valence-corrected chi connectivity index (χ4v) is 1.35. The van der Waals surface area contributed by atoms with Gasteiger partial charge in [-0.05, 0) is 24.0 Å². The Kier molecular flexibility index (Phi) is 5.18. The summed E-state index contributed by atoms with van der Waals surface area (Å²) in [5.41, 5.74) is 6.07. The van der Waals surface area contributed by atoms with Gasteiger partial charge in [0.2, 0.25) is 0 Å². The molecule has 2 nitrogen and oxygen atoms in total. The number of halogens is 1. The number of ether oxygens (including phenoxy) is 1. The molecule has 98 valence electrons. The fourth-order valence-electron chi connectivity index (χ4n) is 1.35. The van der Waals surface area contributed by atoms with Crippen LogP contribution in [0.4, 0.5) is 4.39 Å². The lowest BCUT2D eigenvalue weighted by atomic mass is 9.93. The molecule has 0 aliphatic heterocycles. The van der Waals surface area contributed by atoms with Crippen molar-refractivity contribution in [1.29, 1.82) is 0 Å². The van der Waals surface area contributed by atoms with Gasteiger partial charge in [-0.2, -0.15) is 0 Å². The van der Waals surface area contributed by atoms with E-state index < -0.39 is 0 Å². The maximum absolute atomic E-state index is 13.3. The van der Waals surface area contributed by atoms with Crippen molar-refractivity contribution in [2.45, 2.75) is 27.2 Å². The number of rotatable bonds is 3. The second kappa shape index (κ2) is 6.42. The van der Waals surface area contributed by atoms with Gasteiger partial charge in [0, 0.05) is 11.6 Å². The average Bonchev–Trinajstić information content (AvgIpc) is 2.24. The minimum absolute atomic E-state index is 0.204. The van der Waals surface area contributed by atoms with Crippen LogP contribution < -0.4 is 10.5 Å². The van der Waals surface area contributed by atoms with E-state index in [-0.39, 0.29) is 17.8 Å². The molecular weight excluding hydrogens is 229 g/mol. The van der Waals surface area contributed by atoms with Crippen molar-refractivity contribution < 1.29 is 9.13 Å². The predicted octanol–water partition coefficient (Wildman–Crippen LogP) is 2.95. The van der Waals surface area contributed by atoms with Crippen molar-refractivity contribution in [2.24, 2.45) is 11.1 Å². The highest BCUT2D eigenvalue weighted by Gasteiger charge is 2.10. The molecule has 0 fully saturated rings. The topological polar surface area (TPSA) is 35.2 Å². The van der Waals surface area contributed by atoms with Crippen LogP contribution in [0.25, 0.3) is 0 Å². The smallest absolute Gasteiger partial charge is 0.128 e. The van der Waals surface area contributed by atoms with E-state index >= 15 is 0 Å².